The van der Waals surface area contributed by atoms with Crippen molar-refractivity contribution in [3.05, 3.63) is 24.8 Å². The van der Waals surface area contributed by atoms with E-state index in [0.29, 0.717) is 16.7 Å². The summed E-state index contributed by atoms with van der Waals surface area (Å²) in [7, 11) is 0. The van der Waals surface area contributed by atoms with Crippen LogP contribution in [-0.2, 0) is 9.53 Å². The van der Waals surface area contributed by atoms with E-state index in [1.807, 2.05) is 6.92 Å². The third kappa shape index (κ3) is 3.63. The number of ether oxygens (including phenoxy) is 1. The number of allylic oxidation sites excluding steroid dienone is 1. The van der Waals surface area contributed by atoms with Crippen molar-refractivity contribution in [1.29, 1.82) is 0 Å². The lowest BCUT2D eigenvalue weighted by Crippen LogP contribution is -2.49. The fourth-order valence-electron chi connectivity index (χ4n) is 5.76. The average molecular weight is 333 g/mol. The van der Waals surface area contributed by atoms with Gasteiger partial charge in [0.2, 0.25) is 0 Å². The molecule has 2 rings (SSSR count). The Hall–Kier alpha value is -1.05. The minimum Gasteiger partial charge on any atom is -0.455 e. The van der Waals surface area contributed by atoms with E-state index in [1.165, 1.54) is 38.2 Å². The third-order valence-corrected chi connectivity index (χ3v) is 7.06. The highest BCUT2D eigenvalue weighted by Crippen LogP contribution is 2.61. The highest BCUT2D eigenvalue weighted by atomic mass is 16.6. The number of carbonyl (C=O) groups is 1. The summed E-state index contributed by atoms with van der Waals surface area (Å²) in [5, 5.41) is 0. The van der Waals surface area contributed by atoms with Crippen molar-refractivity contribution < 1.29 is 9.53 Å². The van der Waals surface area contributed by atoms with Gasteiger partial charge in [-0.1, -0.05) is 45.9 Å². The van der Waals surface area contributed by atoms with E-state index in [0.717, 1.165) is 25.2 Å². The Morgan fingerprint density at radius 1 is 1.38 bits per heavy atom. The van der Waals surface area contributed by atoms with Gasteiger partial charge in [-0.15, -0.1) is 0 Å². The van der Waals surface area contributed by atoms with Gasteiger partial charge in [0.1, 0.15) is 5.60 Å². The molecule has 0 N–H and O–H groups in total. The van der Waals surface area contributed by atoms with E-state index in [9.17, 15) is 4.79 Å². The second kappa shape index (κ2) is 6.69. The summed E-state index contributed by atoms with van der Waals surface area (Å²) < 4.78 is 5.54. The maximum absolute atomic E-state index is 11.4. The summed E-state index contributed by atoms with van der Waals surface area (Å²) in [5.74, 6) is 1.05. The molecule has 0 heterocycles. The smallest absolute Gasteiger partial charge is 0.303 e. The Balaban J connectivity index is 2.19. The Morgan fingerprint density at radius 2 is 2.04 bits per heavy atom. The minimum atomic E-state index is -0.570. The van der Waals surface area contributed by atoms with E-state index < -0.39 is 5.60 Å². The van der Waals surface area contributed by atoms with Crippen LogP contribution in [0.5, 0.6) is 0 Å². The van der Waals surface area contributed by atoms with Gasteiger partial charge < -0.3 is 4.74 Å². The second-order valence-corrected chi connectivity index (χ2v) is 9.30. The summed E-state index contributed by atoms with van der Waals surface area (Å²) in [5.41, 5.74) is 1.58. The predicted molar refractivity (Wildman–Crippen MR) is 101 cm³/mol. The first-order valence-electron chi connectivity index (χ1n) is 9.55. The zero-order valence-electron chi connectivity index (χ0n) is 16.4. The first-order chi connectivity index (χ1) is 11.0. The maximum Gasteiger partial charge on any atom is 0.303 e. The fraction of sp³-hybridized carbons (Fsp3) is 0.773. The second-order valence-electron chi connectivity index (χ2n) is 9.30. The predicted octanol–water partition coefficient (Wildman–Crippen LogP) is 6.07. The molecule has 0 aromatic carbocycles. The van der Waals surface area contributed by atoms with Gasteiger partial charge >= 0.3 is 5.97 Å². The van der Waals surface area contributed by atoms with Crippen molar-refractivity contribution in [2.45, 2.75) is 85.2 Å². The summed E-state index contributed by atoms with van der Waals surface area (Å²) in [6.45, 7) is 19.2. The highest BCUT2D eigenvalue weighted by molar-refractivity contribution is 5.66. The first-order valence-corrected chi connectivity index (χ1v) is 9.55. The van der Waals surface area contributed by atoms with Crippen molar-refractivity contribution in [3.63, 3.8) is 0 Å². The Labute approximate surface area is 148 Å². The molecule has 2 aliphatic rings. The van der Waals surface area contributed by atoms with Gasteiger partial charge in [-0.2, -0.15) is 0 Å². The normalized spacial score (nSPS) is 34.8. The molecule has 0 saturated heterocycles. The summed E-state index contributed by atoms with van der Waals surface area (Å²) in [4.78, 5) is 11.4. The quantitative estimate of drug-likeness (QED) is 0.451. The van der Waals surface area contributed by atoms with E-state index in [2.05, 4.69) is 33.9 Å². The molecule has 4 atom stereocenters. The van der Waals surface area contributed by atoms with Gasteiger partial charge in [0.05, 0.1) is 0 Å². The van der Waals surface area contributed by atoms with Crippen LogP contribution < -0.4 is 0 Å². The fourth-order valence-corrected chi connectivity index (χ4v) is 5.76. The molecule has 0 amide bonds. The van der Waals surface area contributed by atoms with Gasteiger partial charge in [-0.3, -0.25) is 4.79 Å². The number of rotatable bonds is 5. The van der Waals surface area contributed by atoms with E-state index >= 15 is 0 Å². The lowest BCUT2D eigenvalue weighted by molar-refractivity contribution is -0.152. The monoisotopic (exact) mass is 332 g/mol. The van der Waals surface area contributed by atoms with Crippen LogP contribution >= 0.6 is 0 Å². The van der Waals surface area contributed by atoms with Crippen LogP contribution in [0.25, 0.3) is 0 Å². The SMILES string of the molecule is C=CC(C)(CCC1C(=C)CCC2C(C)(C)CCCC12C)OC(C)=O. The number of hydrogen-bond donors (Lipinski definition) is 0. The lowest BCUT2D eigenvalue weighted by Gasteiger charge is -2.58. The van der Waals surface area contributed by atoms with Crippen molar-refractivity contribution >= 4 is 5.97 Å². The van der Waals surface area contributed by atoms with Crippen LogP contribution in [0, 0.1) is 22.7 Å². The molecule has 0 radical (unpaired) electrons. The molecule has 2 heteroatoms. The van der Waals surface area contributed by atoms with Crippen LogP contribution in [-0.4, -0.2) is 11.6 Å². The molecule has 136 valence electrons. The number of carbonyl (C=O) groups excluding carboxylic acids is 1. The summed E-state index contributed by atoms with van der Waals surface area (Å²) in [6, 6.07) is 0. The van der Waals surface area contributed by atoms with Crippen molar-refractivity contribution in [1.82, 2.24) is 0 Å². The van der Waals surface area contributed by atoms with Crippen molar-refractivity contribution in [2.24, 2.45) is 22.7 Å². The van der Waals surface area contributed by atoms with Crippen LogP contribution in [0.1, 0.15) is 79.6 Å². The van der Waals surface area contributed by atoms with Crippen molar-refractivity contribution in [2.75, 3.05) is 0 Å². The molecule has 0 aromatic heterocycles. The first kappa shape index (κ1) is 19.3. The number of fused-ring (bicyclic) bond motifs is 1. The lowest BCUT2D eigenvalue weighted by atomic mass is 9.47. The molecule has 2 aliphatic carbocycles. The molecule has 0 aliphatic heterocycles. The molecule has 2 fully saturated rings. The van der Waals surface area contributed by atoms with Gasteiger partial charge in [-0.05, 0) is 74.2 Å². The molecule has 2 nitrogen and oxygen atoms in total. The molecule has 0 bridgehead atoms. The average Bonchev–Trinajstić information content (AvgIpc) is 2.44. The largest absolute Gasteiger partial charge is 0.455 e. The topological polar surface area (TPSA) is 26.3 Å². The van der Waals surface area contributed by atoms with Gasteiger partial charge in [0.15, 0.2) is 0 Å². The van der Waals surface area contributed by atoms with Gasteiger partial charge in [-0.25, -0.2) is 0 Å². The molecule has 4 unspecified atom stereocenters. The minimum absolute atomic E-state index is 0.234. The van der Waals surface area contributed by atoms with Crippen LogP contribution in [0.2, 0.25) is 0 Å². The highest BCUT2D eigenvalue weighted by Gasteiger charge is 2.52. The molecule has 24 heavy (non-hydrogen) atoms. The Bertz CT molecular complexity index is 518. The third-order valence-electron chi connectivity index (χ3n) is 7.06. The Kier molecular flexibility index (Phi) is 5.37. The van der Waals surface area contributed by atoms with E-state index in [1.54, 1.807) is 6.08 Å². The molecule has 2 saturated carbocycles. The van der Waals surface area contributed by atoms with Crippen molar-refractivity contribution in [3.8, 4) is 0 Å². The maximum atomic E-state index is 11.4. The summed E-state index contributed by atoms with van der Waals surface area (Å²) >= 11 is 0. The molecular weight excluding hydrogens is 296 g/mol. The molecule has 0 aromatic rings. The molecule has 0 spiro atoms. The number of hydrogen-bond acceptors (Lipinski definition) is 2. The number of esters is 1. The standard InChI is InChI=1S/C22H36O2/c1-8-21(6,24-17(3)23)15-12-18-16(2)10-11-19-20(4,5)13-9-14-22(18,19)7/h8,18-19H,1-2,9-15H2,3-7H3. The Morgan fingerprint density at radius 3 is 2.62 bits per heavy atom. The molecular formula is C22H36O2. The zero-order chi connectivity index (χ0) is 18.2. The van der Waals surface area contributed by atoms with Crippen LogP contribution in [0.3, 0.4) is 0 Å². The van der Waals surface area contributed by atoms with Crippen LogP contribution in [0.4, 0.5) is 0 Å². The summed E-state index contributed by atoms with van der Waals surface area (Å²) in [6.07, 6.45) is 10.00. The van der Waals surface area contributed by atoms with Gasteiger partial charge in [0, 0.05) is 6.92 Å². The zero-order valence-corrected chi connectivity index (χ0v) is 16.4. The van der Waals surface area contributed by atoms with Gasteiger partial charge in [0.25, 0.3) is 0 Å². The van der Waals surface area contributed by atoms with E-state index in [4.69, 9.17) is 4.74 Å². The van der Waals surface area contributed by atoms with Crippen LogP contribution in [0.15, 0.2) is 24.8 Å². The van der Waals surface area contributed by atoms with E-state index in [-0.39, 0.29) is 5.97 Å².